The summed E-state index contributed by atoms with van der Waals surface area (Å²) in [6, 6.07) is 7.52. The van der Waals surface area contributed by atoms with Crippen LogP contribution in [0.2, 0.25) is 0 Å². The average Bonchev–Trinajstić information content (AvgIpc) is 3.06. The minimum Gasteiger partial charge on any atom is -0.476 e. The molecule has 0 radical (unpaired) electrons. The van der Waals surface area contributed by atoms with Gasteiger partial charge >= 0.3 is 5.97 Å². The first-order valence-corrected chi connectivity index (χ1v) is 6.89. The number of hydrogen-bond acceptors (Lipinski definition) is 5. The third kappa shape index (κ3) is 2.56. The summed E-state index contributed by atoms with van der Waals surface area (Å²) in [7, 11) is 0. The standard InChI is InChI=1S/C14H11NO4S/c16-14(17)13-5-11(19-15-13)7-18-6-9-1-2-10-8-20-4-3-12(9)10/h1-5,8H,6-7H2,(H,16,17). The summed E-state index contributed by atoms with van der Waals surface area (Å²) < 4.78 is 10.4. The van der Waals surface area contributed by atoms with E-state index in [4.69, 9.17) is 14.4 Å². The van der Waals surface area contributed by atoms with Crippen LogP contribution in [0.1, 0.15) is 21.8 Å². The van der Waals surface area contributed by atoms with Gasteiger partial charge in [-0.3, -0.25) is 0 Å². The molecule has 1 aromatic rings. The van der Waals surface area contributed by atoms with Gasteiger partial charge in [0.15, 0.2) is 11.5 Å². The Bertz CT molecular complexity index is 703. The molecule has 3 rings (SSSR count). The van der Waals surface area contributed by atoms with Crippen molar-refractivity contribution in [1.82, 2.24) is 5.16 Å². The molecule has 0 spiro atoms. The van der Waals surface area contributed by atoms with Crippen LogP contribution >= 0.6 is 11.3 Å². The molecule has 0 saturated heterocycles. The first-order chi connectivity index (χ1) is 9.74. The van der Waals surface area contributed by atoms with E-state index in [1.165, 1.54) is 17.2 Å². The van der Waals surface area contributed by atoms with Crippen molar-refractivity contribution in [2.45, 2.75) is 13.2 Å². The molecule has 1 aliphatic carbocycles. The largest absolute Gasteiger partial charge is 0.476 e. The van der Waals surface area contributed by atoms with Crippen LogP contribution in [0.4, 0.5) is 0 Å². The molecule has 1 aliphatic heterocycles. The van der Waals surface area contributed by atoms with Crippen LogP contribution < -0.4 is 0 Å². The van der Waals surface area contributed by atoms with E-state index in [9.17, 15) is 4.79 Å². The van der Waals surface area contributed by atoms with Gasteiger partial charge in [0.1, 0.15) is 6.61 Å². The zero-order valence-electron chi connectivity index (χ0n) is 10.4. The Morgan fingerprint density at radius 2 is 2.25 bits per heavy atom. The molecule has 20 heavy (non-hydrogen) atoms. The molecule has 5 nitrogen and oxygen atoms in total. The van der Waals surface area contributed by atoms with E-state index in [1.807, 2.05) is 11.4 Å². The summed E-state index contributed by atoms with van der Waals surface area (Å²) in [5.41, 5.74) is 3.37. The number of carboxylic acid groups (broad SMARTS) is 1. The Morgan fingerprint density at radius 3 is 3.05 bits per heavy atom. The molecule has 0 atom stereocenters. The van der Waals surface area contributed by atoms with Crippen molar-refractivity contribution in [1.29, 1.82) is 0 Å². The van der Waals surface area contributed by atoms with E-state index in [1.54, 1.807) is 11.3 Å². The molecule has 102 valence electrons. The third-order valence-electron chi connectivity index (χ3n) is 2.91. The second-order valence-corrected chi connectivity index (χ2v) is 5.04. The topological polar surface area (TPSA) is 72.6 Å². The summed E-state index contributed by atoms with van der Waals surface area (Å²) in [4.78, 5) is 10.7. The van der Waals surface area contributed by atoms with Crippen LogP contribution in [0, 0.1) is 0 Å². The maximum atomic E-state index is 10.7. The first-order valence-electron chi connectivity index (χ1n) is 5.94. The predicted molar refractivity (Wildman–Crippen MR) is 72.9 cm³/mol. The van der Waals surface area contributed by atoms with E-state index in [0.717, 1.165) is 5.56 Å². The van der Waals surface area contributed by atoms with Gasteiger partial charge in [-0.25, -0.2) is 4.79 Å². The van der Waals surface area contributed by atoms with Crippen LogP contribution in [-0.4, -0.2) is 16.2 Å². The van der Waals surface area contributed by atoms with Gasteiger partial charge in [-0.15, -0.1) is 0 Å². The fraction of sp³-hybridized carbons (Fsp3) is 0.143. The van der Waals surface area contributed by atoms with E-state index in [0.29, 0.717) is 12.4 Å². The van der Waals surface area contributed by atoms with Crippen LogP contribution in [0.15, 0.2) is 39.5 Å². The smallest absolute Gasteiger partial charge is 0.358 e. The monoisotopic (exact) mass is 289 g/mol. The zero-order chi connectivity index (χ0) is 13.9. The average molecular weight is 289 g/mol. The van der Waals surface area contributed by atoms with Crippen molar-refractivity contribution in [2.75, 3.05) is 0 Å². The third-order valence-corrected chi connectivity index (χ3v) is 3.59. The van der Waals surface area contributed by atoms with Crippen molar-refractivity contribution in [3.05, 3.63) is 52.0 Å². The van der Waals surface area contributed by atoms with Crippen molar-refractivity contribution in [3.8, 4) is 11.1 Å². The predicted octanol–water partition coefficient (Wildman–Crippen LogP) is 3.26. The molecule has 0 unspecified atom stereocenters. The SMILES string of the molecule is O=C(O)c1cc(COCc2ccc3csccc2-3)on1. The Hall–Kier alpha value is -2.18. The maximum absolute atomic E-state index is 10.7. The molecule has 6 heteroatoms. The minimum absolute atomic E-state index is 0.108. The summed E-state index contributed by atoms with van der Waals surface area (Å²) >= 11 is 1.65. The van der Waals surface area contributed by atoms with Crippen molar-refractivity contribution in [3.63, 3.8) is 0 Å². The number of nitrogens with zero attached hydrogens (tertiary/aromatic N) is 1. The second-order valence-electron chi connectivity index (χ2n) is 4.26. The lowest BCUT2D eigenvalue weighted by atomic mass is 10.1. The quantitative estimate of drug-likeness (QED) is 0.780. The summed E-state index contributed by atoms with van der Waals surface area (Å²) in [5.74, 6) is -0.705. The fourth-order valence-corrected chi connectivity index (χ4v) is 2.60. The Balaban J connectivity index is 1.61. The normalized spacial score (nSPS) is 11.0. The number of carbonyl (C=O) groups is 1. The molecule has 0 bridgehead atoms. The number of aromatic nitrogens is 1. The second kappa shape index (κ2) is 5.44. The highest BCUT2D eigenvalue weighted by atomic mass is 32.1. The van der Waals surface area contributed by atoms with Crippen molar-refractivity contribution in [2.24, 2.45) is 0 Å². The molecule has 1 N–H and O–H groups in total. The lowest BCUT2D eigenvalue weighted by Crippen LogP contribution is -1.95. The van der Waals surface area contributed by atoms with Gasteiger partial charge in [0.2, 0.25) is 0 Å². The molecule has 0 fully saturated rings. The first kappa shape index (κ1) is 12.8. The molecule has 1 aromatic heterocycles. The van der Waals surface area contributed by atoms with Crippen LogP contribution in [0.3, 0.4) is 0 Å². The van der Waals surface area contributed by atoms with Gasteiger partial charge in [0.05, 0.1) is 6.61 Å². The van der Waals surface area contributed by atoms with E-state index >= 15 is 0 Å². The zero-order valence-corrected chi connectivity index (χ0v) is 11.2. The summed E-state index contributed by atoms with van der Waals surface area (Å²) in [6.07, 6.45) is 0. The highest BCUT2D eigenvalue weighted by Crippen LogP contribution is 2.29. The van der Waals surface area contributed by atoms with Crippen LogP contribution in [-0.2, 0) is 18.0 Å². The lowest BCUT2D eigenvalue weighted by molar-refractivity contribution is 0.0683. The molecule has 2 heterocycles. The number of hydrogen-bond donors (Lipinski definition) is 1. The van der Waals surface area contributed by atoms with Crippen LogP contribution in [0.25, 0.3) is 11.1 Å². The van der Waals surface area contributed by atoms with Crippen LogP contribution in [0.5, 0.6) is 0 Å². The Labute approximate surface area is 118 Å². The van der Waals surface area contributed by atoms with Gasteiger partial charge < -0.3 is 14.4 Å². The van der Waals surface area contributed by atoms with E-state index < -0.39 is 5.97 Å². The minimum atomic E-state index is -1.11. The van der Waals surface area contributed by atoms with Gasteiger partial charge in [0.25, 0.3) is 0 Å². The number of aromatic carboxylic acids is 1. The number of carboxylic acids is 1. The molecule has 0 amide bonds. The number of ether oxygens (including phenoxy) is 1. The number of fused-ring (bicyclic) bond motifs is 1. The highest BCUT2D eigenvalue weighted by Gasteiger charge is 2.12. The van der Waals surface area contributed by atoms with E-state index in [-0.39, 0.29) is 12.3 Å². The Morgan fingerprint density at radius 1 is 1.35 bits per heavy atom. The van der Waals surface area contributed by atoms with Crippen molar-refractivity contribution < 1.29 is 19.2 Å². The fourth-order valence-electron chi connectivity index (χ4n) is 1.95. The summed E-state index contributed by atoms with van der Waals surface area (Å²) in [5, 5.41) is 16.3. The van der Waals surface area contributed by atoms with Gasteiger partial charge in [-0.05, 0) is 33.5 Å². The van der Waals surface area contributed by atoms with E-state index in [2.05, 4.69) is 22.7 Å². The molecule has 0 saturated carbocycles. The van der Waals surface area contributed by atoms with Gasteiger partial charge in [-0.1, -0.05) is 17.3 Å². The maximum Gasteiger partial charge on any atom is 0.358 e. The van der Waals surface area contributed by atoms with Gasteiger partial charge in [0, 0.05) is 6.07 Å². The van der Waals surface area contributed by atoms with Gasteiger partial charge in [-0.2, -0.15) is 11.3 Å². The number of rotatable bonds is 5. The Kier molecular flexibility index (Phi) is 3.49. The highest BCUT2D eigenvalue weighted by molar-refractivity contribution is 7.07. The molecule has 0 aromatic carbocycles. The molecular weight excluding hydrogens is 278 g/mol. The van der Waals surface area contributed by atoms with Crippen molar-refractivity contribution >= 4 is 17.3 Å². The molecular formula is C14H11NO4S. The lowest BCUT2D eigenvalue weighted by Gasteiger charge is -2.03. The molecule has 2 aliphatic rings. The summed E-state index contributed by atoms with van der Waals surface area (Å²) in [6.45, 7) is 0.643.